The van der Waals surface area contributed by atoms with Crippen molar-refractivity contribution in [2.45, 2.75) is 51.5 Å². The van der Waals surface area contributed by atoms with Gasteiger partial charge in [0.2, 0.25) is 0 Å². The number of nitrogens with one attached hydrogen (secondary N) is 1. The van der Waals surface area contributed by atoms with Gasteiger partial charge < -0.3 is 5.73 Å². The smallest absolute Gasteiger partial charge is 0.167 e. The first-order chi connectivity index (χ1) is 9.24. The lowest BCUT2D eigenvalue weighted by molar-refractivity contribution is -0.0481. The van der Waals surface area contributed by atoms with Gasteiger partial charge >= 0.3 is 0 Å². The number of nitrogens with two attached hydrogens (primary N) is 1. The van der Waals surface area contributed by atoms with E-state index in [1.165, 1.54) is 32.1 Å². The summed E-state index contributed by atoms with van der Waals surface area (Å²) in [6.07, 6.45) is 8.05. The summed E-state index contributed by atoms with van der Waals surface area (Å²) < 4.78 is 0. The molecular weight excluding hydrogens is 236 g/mol. The monoisotopic (exact) mass is 260 g/mol. The van der Waals surface area contributed by atoms with Crippen molar-refractivity contribution in [2.75, 3.05) is 0 Å². The van der Waals surface area contributed by atoms with Crippen molar-refractivity contribution < 1.29 is 0 Å². The van der Waals surface area contributed by atoms with Crippen molar-refractivity contribution in [3.05, 3.63) is 11.6 Å². The molecule has 0 radical (unpaired) electrons. The second-order valence-corrected chi connectivity index (χ2v) is 7.03. The third-order valence-electron chi connectivity index (χ3n) is 5.90. The van der Waals surface area contributed by atoms with Crippen molar-refractivity contribution in [3.8, 4) is 0 Å². The van der Waals surface area contributed by atoms with E-state index in [0.717, 1.165) is 41.7 Å². The Kier molecular flexibility index (Phi) is 2.69. The molecule has 4 nitrogen and oxygen atoms in total. The predicted octanol–water partition coefficient (Wildman–Crippen LogP) is 2.44. The lowest BCUT2D eigenvalue weighted by Crippen LogP contribution is -2.48. The lowest BCUT2D eigenvalue weighted by atomic mass is 9.50. The number of rotatable bonds is 3. The quantitative estimate of drug-likeness (QED) is 0.877. The molecule has 0 aliphatic heterocycles. The van der Waals surface area contributed by atoms with Gasteiger partial charge in [-0.15, -0.1) is 0 Å². The third kappa shape index (κ3) is 1.83. The van der Waals surface area contributed by atoms with E-state index >= 15 is 0 Å². The van der Waals surface area contributed by atoms with E-state index in [-0.39, 0.29) is 6.04 Å². The van der Waals surface area contributed by atoms with Crippen LogP contribution in [0, 0.1) is 29.6 Å². The Labute approximate surface area is 114 Å². The molecule has 0 amide bonds. The Morgan fingerprint density at radius 2 is 1.79 bits per heavy atom. The first kappa shape index (κ1) is 11.9. The van der Waals surface area contributed by atoms with Crippen molar-refractivity contribution >= 4 is 0 Å². The molecule has 1 unspecified atom stereocenters. The molecule has 1 aromatic rings. The minimum absolute atomic E-state index is 0.0477. The number of hydrogen-bond donors (Lipinski definition) is 2. The maximum atomic E-state index is 6.54. The van der Waals surface area contributed by atoms with E-state index in [4.69, 9.17) is 5.73 Å². The van der Waals surface area contributed by atoms with Crippen molar-refractivity contribution in [3.63, 3.8) is 0 Å². The minimum Gasteiger partial charge on any atom is -0.321 e. The van der Waals surface area contributed by atoms with E-state index in [2.05, 4.69) is 22.1 Å². The number of aromatic amines is 1. The molecule has 4 heteroatoms. The largest absolute Gasteiger partial charge is 0.321 e. The highest BCUT2D eigenvalue weighted by Gasteiger charge is 2.50. The summed E-state index contributed by atoms with van der Waals surface area (Å²) >= 11 is 0. The van der Waals surface area contributed by atoms with Crippen LogP contribution in [0.25, 0.3) is 0 Å². The zero-order chi connectivity index (χ0) is 13.0. The summed E-state index contributed by atoms with van der Waals surface area (Å²) in [4.78, 5) is 4.57. The van der Waals surface area contributed by atoms with Crippen molar-refractivity contribution in [1.29, 1.82) is 0 Å². The Morgan fingerprint density at radius 1 is 1.16 bits per heavy atom. The van der Waals surface area contributed by atoms with Gasteiger partial charge in [0, 0.05) is 6.42 Å². The van der Waals surface area contributed by atoms with E-state index in [1.807, 2.05) is 0 Å². The maximum Gasteiger partial charge on any atom is 0.167 e. The average molecular weight is 260 g/mol. The Hall–Kier alpha value is -0.900. The highest BCUT2D eigenvalue weighted by molar-refractivity contribution is 5.06. The normalized spacial score (nSPS) is 41.7. The number of nitrogens with zero attached hydrogens (tertiary/aromatic N) is 2. The molecule has 4 saturated carbocycles. The molecular formula is C15H24N4. The third-order valence-corrected chi connectivity index (χ3v) is 5.90. The molecule has 4 aliphatic carbocycles. The van der Waals surface area contributed by atoms with Crippen molar-refractivity contribution in [2.24, 2.45) is 35.3 Å². The van der Waals surface area contributed by atoms with E-state index in [1.54, 1.807) is 0 Å². The zero-order valence-electron chi connectivity index (χ0n) is 11.7. The zero-order valence-corrected chi connectivity index (χ0v) is 11.7. The summed E-state index contributed by atoms with van der Waals surface area (Å²) in [5.74, 6) is 6.15. The summed E-state index contributed by atoms with van der Waals surface area (Å²) in [5.41, 5.74) is 6.54. The minimum atomic E-state index is 0.0477. The van der Waals surface area contributed by atoms with Gasteiger partial charge in [0.25, 0.3) is 0 Å². The number of aromatic nitrogens is 3. The molecule has 0 spiro atoms. The van der Waals surface area contributed by atoms with Crippen LogP contribution in [0.5, 0.6) is 0 Å². The van der Waals surface area contributed by atoms with Gasteiger partial charge in [-0.25, -0.2) is 4.98 Å². The lowest BCUT2D eigenvalue weighted by Gasteiger charge is -2.55. The standard InChI is InChI=1S/C15H24N4/c1-2-12-17-15(19-18-12)14(16)13-10-4-8-3-9(6-10)7-11(13)5-8/h8-11,13-14H,2-7,16H2,1H3,(H,17,18,19). The molecule has 3 N–H and O–H groups in total. The fraction of sp³-hybridized carbons (Fsp3) is 0.867. The highest BCUT2D eigenvalue weighted by atomic mass is 15.2. The SMILES string of the molecule is CCc1nc(C(N)C2C3CC4CC(C3)CC2C4)n[nH]1. The average Bonchev–Trinajstić information content (AvgIpc) is 2.86. The summed E-state index contributed by atoms with van der Waals surface area (Å²) in [6.45, 7) is 2.10. The molecule has 0 aromatic carbocycles. The van der Waals surface area contributed by atoms with Crippen LogP contribution in [-0.2, 0) is 6.42 Å². The maximum absolute atomic E-state index is 6.54. The van der Waals surface area contributed by atoms with Crippen LogP contribution in [-0.4, -0.2) is 15.2 Å². The van der Waals surface area contributed by atoms with Crippen LogP contribution in [0.3, 0.4) is 0 Å². The molecule has 5 rings (SSSR count). The van der Waals surface area contributed by atoms with Gasteiger partial charge in [0.05, 0.1) is 6.04 Å². The predicted molar refractivity (Wildman–Crippen MR) is 73.2 cm³/mol. The van der Waals surface area contributed by atoms with Crippen LogP contribution in [0.15, 0.2) is 0 Å². The molecule has 4 aliphatic rings. The summed E-state index contributed by atoms with van der Waals surface area (Å²) in [7, 11) is 0. The number of aryl methyl sites for hydroxylation is 1. The van der Waals surface area contributed by atoms with Gasteiger partial charge in [-0.1, -0.05) is 6.92 Å². The van der Waals surface area contributed by atoms with Crippen molar-refractivity contribution in [1.82, 2.24) is 15.2 Å². The van der Waals surface area contributed by atoms with E-state index < -0.39 is 0 Å². The molecule has 4 fully saturated rings. The summed E-state index contributed by atoms with van der Waals surface area (Å²) in [5, 5.41) is 7.38. The van der Waals surface area contributed by atoms with Gasteiger partial charge in [0.15, 0.2) is 5.82 Å². The second kappa shape index (κ2) is 4.30. The van der Waals surface area contributed by atoms with E-state index in [9.17, 15) is 0 Å². The van der Waals surface area contributed by atoms with Gasteiger partial charge in [0.1, 0.15) is 5.82 Å². The first-order valence-corrected chi connectivity index (χ1v) is 7.91. The highest BCUT2D eigenvalue weighted by Crippen LogP contribution is 2.58. The van der Waals surface area contributed by atoms with Crippen LogP contribution in [0.1, 0.15) is 56.7 Å². The van der Waals surface area contributed by atoms with Gasteiger partial charge in [-0.05, 0) is 61.7 Å². The molecule has 19 heavy (non-hydrogen) atoms. The van der Waals surface area contributed by atoms with Gasteiger partial charge in [-0.3, -0.25) is 5.10 Å². The molecule has 1 aromatic heterocycles. The molecule has 0 saturated heterocycles. The topological polar surface area (TPSA) is 67.6 Å². The van der Waals surface area contributed by atoms with Gasteiger partial charge in [-0.2, -0.15) is 5.10 Å². The molecule has 1 atom stereocenters. The Balaban J connectivity index is 1.58. The fourth-order valence-electron chi connectivity index (χ4n) is 5.34. The van der Waals surface area contributed by atoms with Crippen LogP contribution in [0.2, 0.25) is 0 Å². The molecule has 1 heterocycles. The molecule has 104 valence electrons. The van der Waals surface area contributed by atoms with Crippen LogP contribution >= 0.6 is 0 Å². The van der Waals surface area contributed by atoms with E-state index in [0.29, 0.717) is 5.92 Å². The Morgan fingerprint density at radius 3 is 2.32 bits per heavy atom. The number of hydrogen-bond acceptors (Lipinski definition) is 3. The molecule has 4 bridgehead atoms. The number of H-pyrrole nitrogens is 1. The fourth-order valence-corrected chi connectivity index (χ4v) is 5.34. The summed E-state index contributed by atoms with van der Waals surface area (Å²) in [6, 6.07) is 0.0477. The van der Waals surface area contributed by atoms with Crippen LogP contribution in [0.4, 0.5) is 0 Å². The van der Waals surface area contributed by atoms with Crippen LogP contribution < -0.4 is 5.73 Å². The second-order valence-electron chi connectivity index (χ2n) is 7.03. The first-order valence-electron chi connectivity index (χ1n) is 7.91. The Bertz CT molecular complexity index is 438.